The molecule has 0 atom stereocenters. The summed E-state index contributed by atoms with van der Waals surface area (Å²) < 4.78 is 6.43. The Hall–Kier alpha value is -1.77. The molecule has 2 aromatic rings. The van der Waals surface area contributed by atoms with Crippen molar-refractivity contribution in [3.05, 3.63) is 33.7 Å². The van der Waals surface area contributed by atoms with Crippen LogP contribution in [-0.4, -0.2) is 54.0 Å². The Kier molecular flexibility index (Phi) is 6.05. The molecule has 0 aromatic carbocycles. The average molecular weight is 324 g/mol. The Balaban J connectivity index is 1.86. The van der Waals surface area contributed by atoms with Gasteiger partial charge in [0.15, 0.2) is 4.96 Å². The molecule has 1 N–H and O–H groups in total. The molecule has 0 bridgehead atoms. The van der Waals surface area contributed by atoms with E-state index in [1.165, 1.54) is 21.8 Å². The van der Waals surface area contributed by atoms with Crippen molar-refractivity contribution < 1.29 is 9.53 Å². The van der Waals surface area contributed by atoms with Gasteiger partial charge in [0.25, 0.3) is 5.56 Å². The summed E-state index contributed by atoms with van der Waals surface area (Å²) in [6.07, 6.45) is 2.50. The van der Waals surface area contributed by atoms with Crippen LogP contribution in [0.15, 0.2) is 22.4 Å². The summed E-state index contributed by atoms with van der Waals surface area (Å²) in [6, 6.07) is 1.51. The standard InChI is InChI=1S/C14H20N4O3S/c1-17(10-12(19)15-4-3-6-21-2)9-11-8-13(20)18-5-7-22-14(18)16-11/h5,7-8H,3-4,6,9-10H2,1-2H3,(H,15,19). The third-order valence-corrected chi connectivity index (χ3v) is 3.81. The number of nitrogens with zero attached hydrogens (tertiary/aromatic N) is 3. The van der Waals surface area contributed by atoms with Gasteiger partial charge in [-0.05, 0) is 13.5 Å². The Morgan fingerprint density at radius 3 is 3.14 bits per heavy atom. The fourth-order valence-electron chi connectivity index (χ4n) is 2.05. The van der Waals surface area contributed by atoms with Crippen molar-refractivity contribution >= 4 is 22.2 Å². The highest BCUT2D eigenvalue weighted by Crippen LogP contribution is 2.07. The third-order valence-electron chi connectivity index (χ3n) is 3.05. The maximum atomic E-state index is 11.9. The van der Waals surface area contributed by atoms with Crippen molar-refractivity contribution in [3.63, 3.8) is 0 Å². The summed E-state index contributed by atoms with van der Waals surface area (Å²) in [7, 11) is 3.46. The first kappa shape index (κ1) is 16.6. The average Bonchev–Trinajstić information content (AvgIpc) is 2.92. The Bertz CT molecular complexity index is 682. The zero-order valence-electron chi connectivity index (χ0n) is 12.7. The maximum absolute atomic E-state index is 11.9. The molecule has 2 rings (SSSR count). The minimum Gasteiger partial charge on any atom is -0.385 e. The molecule has 0 aliphatic rings. The second-order valence-electron chi connectivity index (χ2n) is 5.01. The molecule has 0 radical (unpaired) electrons. The van der Waals surface area contributed by atoms with Crippen molar-refractivity contribution in [1.29, 1.82) is 0 Å². The summed E-state index contributed by atoms with van der Waals surface area (Å²) in [5.41, 5.74) is 0.570. The monoisotopic (exact) mass is 324 g/mol. The number of carbonyl (C=O) groups excluding carboxylic acids is 1. The Morgan fingerprint density at radius 1 is 1.55 bits per heavy atom. The zero-order valence-corrected chi connectivity index (χ0v) is 13.6. The van der Waals surface area contributed by atoms with E-state index >= 15 is 0 Å². The molecule has 0 saturated carbocycles. The van der Waals surface area contributed by atoms with E-state index in [0.29, 0.717) is 30.4 Å². The van der Waals surface area contributed by atoms with Gasteiger partial charge in [0.1, 0.15) is 0 Å². The Morgan fingerprint density at radius 2 is 2.36 bits per heavy atom. The number of hydrogen-bond acceptors (Lipinski definition) is 6. The van der Waals surface area contributed by atoms with Crippen molar-refractivity contribution in [3.8, 4) is 0 Å². The van der Waals surface area contributed by atoms with E-state index in [4.69, 9.17) is 4.74 Å². The fourth-order valence-corrected chi connectivity index (χ4v) is 2.79. The number of ether oxygens (including phenoxy) is 1. The van der Waals surface area contributed by atoms with Gasteiger partial charge in [-0.15, -0.1) is 11.3 Å². The van der Waals surface area contributed by atoms with Crippen LogP contribution in [0.5, 0.6) is 0 Å². The number of thiazole rings is 1. The molecule has 0 spiro atoms. The topological polar surface area (TPSA) is 75.9 Å². The number of carbonyl (C=O) groups is 1. The van der Waals surface area contributed by atoms with Gasteiger partial charge in [-0.2, -0.15) is 0 Å². The highest BCUT2D eigenvalue weighted by molar-refractivity contribution is 7.15. The number of likely N-dealkylation sites (N-methyl/N-ethyl adjacent to an activating group) is 1. The van der Waals surface area contributed by atoms with Crippen LogP contribution in [0.2, 0.25) is 0 Å². The van der Waals surface area contributed by atoms with E-state index in [2.05, 4.69) is 10.3 Å². The molecule has 0 fully saturated rings. The first-order chi connectivity index (χ1) is 10.6. The van der Waals surface area contributed by atoms with E-state index < -0.39 is 0 Å². The molecule has 2 heterocycles. The summed E-state index contributed by atoms with van der Waals surface area (Å²) in [5.74, 6) is -0.0486. The van der Waals surface area contributed by atoms with Crippen LogP contribution in [-0.2, 0) is 16.1 Å². The second kappa shape index (κ2) is 8.02. The largest absolute Gasteiger partial charge is 0.385 e. The molecule has 7 nitrogen and oxygen atoms in total. The number of hydrogen-bond donors (Lipinski definition) is 1. The highest BCUT2D eigenvalue weighted by atomic mass is 32.1. The van der Waals surface area contributed by atoms with E-state index in [0.717, 1.165) is 6.42 Å². The molecule has 1 amide bonds. The van der Waals surface area contributed by atoms with E-state index in [1.807, 2.05) is 17.3 Å². The molecule has 8 heteroatoms. The van der Waals surface area contributed by atoms with E-state index in [9.17, 15) is 9.59 Å². The lowest BCUT2D eigenvalue weighted by atomic mass is 10.3. The quantitative estimate of drug-likeness (QED) is 0.709. The Labute approximate surface area is 132 Å². The number of amides is 1. The van der Waals surface area contributed by atoms with Crippen LogP contribution < -0.4 is 10.9 Å². The molecule has 0 saturated heterocycles. The highest BCUT2D eigenvalue weighted by Gasteiger charge is 2.09. The lowest BCUT2D eigenvalue weighted by molar-refractivity contribution is -0.122. The van der Waals surface area contributed by atoms with Gasteiger partial charge in [-0.1, -0.05) is 0 Å². The van der Waals surface area contributed by atoms with Gasteiger partial charge in [-0.25, -0.2) is 4.98 Å². The van der Waals surface area contributed by atoms with Crippen LogP contribution in [0.3, 0.4) is 0 Å². The van der Waals surface area contributed by atoms with Gasteiger partial charge in [0.05, 0.1) is 12.2 Å². The predicted molar refractivity (Wildman–Crippen MR) is 85.2 cm³/mol. The molecule has 22 heavy (non-hydrogen) atoms. The summed E-state index contributed by atoms with van der Waals surface area (Å²) >= 11 is 1.41. The summed E-state index contributed by atoms with van der Waals surface area (Å²) in [6.45, 7) is 1.94. The number of rotatable bonds is 8. The van der Waals surface area contributed by atoms with E-state index in [1.54, 1.807) is 13.3 Å². The molecule has 0 aliphatic carbocycles. The van der Waals surface area contributed by atoms with Crippen LogP contribution in [0, 0.1) is 0 Å². The molecule has 120 valence electrons. The molecule has 2 aromatic heterocycles. The van der Waals surface area contributed by atoms with E-state index in [-0.39, 0.29) is 18.0 Å². The van der Waals surface area contributed by atoms with Crippen molar-refractivity contribution in [1.82, 2.24) is 19.6 Å². The number of fused-ring (bicyclic) bond motifs is 1. The van der Waals surface area contributed by atoms with Gasteiger partial charge in [-0.3, -0.25) is 18.9 Å². The van der Waals surface area contributed by atoms with Crippen LogP contribution in [0.25, 0.3) is 4.96 Å². The number of aromatic nitrogens is 2. The zero-order chi connectivity index (χ0) is 15.9. The minimum atomic E-state index is -0.0985. The van der Waals surface area contributed by atoms with Gasteiger partial charge in [0, 0.05) is 44.4 Å². The summed E-state index contributed by atoms with van der Waals surface area (Å²) in [4.78, 5) is 30.6. The first-order valence-electron chi connectivity index (χ1n) is 7.00. The number of methoxy groups -OCH3 is 1. The molecule has 0 unspecified atom stereocenters. The van der Waals surface area contributed by atoms with Crippen LogP contribution in [0.1, 0.15) is 12.1 Å². The van der Waals surface area contributed by atoms with Gasteiger partial charge in [0.2, 0.25) is 5.91 Å². The molecular weight excluding hydrogens is 304 g/mol. The second-order valence-corrected chi connectivity index (χ2v) is 5.88. The third kappa shape index (κ3) is 4.62. The van der Waals surface area contributed by atoms with Gasteiger partial charge >= 0.3 is 0 Å². The SMILES string of the molecule is COCCCNC(=O)CN(C)Cc1cc(=O)n2ccsc2n1. The van der Waals surface area contributed by atoms with Crippen LogP contribution >= 0.6 is 11.3 Å². The van der Waals surface area contributed by atoms with Crippen LogP contribution in [0.4, 0.5) is 0 Å². The summed E-state index contributed by atoms with van der Waals surface area (Å²) in [5, 5.41) is 4.65. The van der Waals surface area contributed by atoms with Crippen molar-refractivity contribution in [2.75, 3.05) is 33.9 Å². The van der Waals surface area contributed by atoms with Crippen molar-refractivity contribution in [2.24, 2.45) is 0 Å². The number of nitrogens with one attached hydrogen (secondary N) is 1. The lowest BCUT2D eigenvalue weighted by Crippen LogP contribution is -2.36. The minimum absolute atomic E-state index is 0.0486. The lowest BCUT2D eigenvalue weighted by Gasteiger charge is -2.15. The predicted octanol–water partition coefficient (Wildman–Crippen LogP) is 0.341. The van der Waals surface area contributed by atoms with Gasteiger partial charge < -0.3 is 10.1 Å². The van der Waals surface area contributed by atoms with Crippen molar-refractivity contribution in [2.45, 2.75) is 13.0 Å². The fraction of sp³-hybridized carbons (Fsp3) is 0.500. The first-order valence-corrected chi connectivity index (χ1v) is 7.88. The molecule has 0 aliphatic heterocycles. The normalized spacial score (nSPS) is 11.2. The molecular formula is C14H20N4O3S. The smallest absolute Gasteiger partial charge is 0.258 e. The maximum Gasteiger partial charge on any atom is 0.258 e.